The molecule has 0 fully saturated rings. The molecule has 1 amide bonds. The highest BCUT2D eigenvalue weighted by molar-refractivity contribution is 14.1. The third-order valence-electron chi connectivity index (χ3n) is 2.53. The fourth-order valence-corrected chi connectivity index (χ4v) is 3.66. The molecule has 0 atom stereocenters. The fraction of sp³-hybridized carbons (Fsp3) is 0.154. The first-order valence-corrected chi connectivity index (χ1v) is 8.48. The zero-order valence-corrected chi connectivity index (χ0v) is 15.3. The molecule has 19 heavy (non-hydrogen) atoms. The lowest BCUT2D eigenvalue weighted by molar-refractivity contribution is 0.0785. The van der Waals surface area contributed by atoms with E-state index >= 15 is 0 Å². The first-order chi connectivity index (χ1) is 8.97. The lowest BCUT2D eigenvalue weighted by Crippen LogP contribution is -2.26. The normalized spacial score (nSPS) is 10.5. The molecule has 1 heterocycles. The van der Waals surface area contributed by atoms with Gasteiger partial charge in [0.2, 0.25) is 0 Å². The number of nitrogens with zero attached hydrogens (tertiary/aromatic N) is 1. The number of carbonyl (C=O) groups excluding carboxylic acids is 1. The first-order valence-electron chi connectivity index (χ1n) is 5.42. The Balaban J connectivity index is 2.16. The van der Waals surface area contributed by atoms with Crippen molar-refractivity contribution in [1.82, 2.24) is 4.90 Å². The van der Waals surface area contributed by atoms with Crippen molar-refractivity contribution in [3.63, 3.8) is 0 Å². The number of hydrogen-bond acceptors (Lipinski definition) is 2. The summed E-state index contributed by atoms with van der Waals surface area (Å²) in [5, 5.41) is 0. The van der Waals surface area contributed by atoms with E-state index in [1.807, 2.05) is 30.3 Å². The van der Waals surface area contributed by atoms with E-state index in [0.717, 1.165) is 17.3 Å². The van der Waals surface area contributed by atoms with Gasteiger partial charge in [0.05, 0.1) is 16.4 Å². The summed E-state index contributed by atoms with van der Waals surface area (Å²) in [7, 11) is 1.79. The second-order valence-corrected chi connectivity index (χ2v) is 7.89. The predicted octanol–water partition coefficient (Wildman–Crippen LogP) is 5.04. The molecule has 0 aliphatic heterocycles. The summed E-state index contributed by atoms with van der Waals surface area (Å²) in [6.45, 7) is 0.564. The molecule has 1 aromatic heterocycles. The van der Waals surface area contributed by atoms with E-state index in [0.29, 0.717) is 12.1 Å². The van der Waals surface area contributed by atoms with Gasteiger partial charge in [-0.15, -0.1) is 11.3 Å². The van der Waals surface area contributed by atoms with Crippen LogP contribution in [0.5, 0.6) is 0 Å². The van der Waals surface area contributed by atoms with E-state index in [9.17, 15) is 4.79 Å². The van der Waals surface area contributed by atoms with Crippen molar-refractivity contribution in [2.45, 2.75) is 6.54 Å². The lowest BCUT2D eigenvalue weighted by Gasteiger charge is -2.17. The van der Waals surface area contributed by atoms with E-state index in [2.05, 4.69) is 38.5 Å². The molecule has 0 bridgehead atoms. The smallest absolute Gasteiger partial charge is 0.255 e. The van der Waals surface area contributed by atoms with Gasteiger partial charge >= 0.3 is 0 Å². The lowest BCUT2D eigenvalue weighted by atomic mass is 10.2. The highest BCUT2D eigenvalue weighted by Gasteiger charge is 2.16. The summed E-state index contributed by atoms with van der Waals surface area (Å²) in [5.74, 6) is -0.00471. The summed E-state index contributed by atoms with van der Waals surface area (Å²) in [4.78, 5) is 15.2. The van der Waals surface area contributed by atoms with Gasteiger partial charge in [0.25, 0.3) is 5.91 Å². The minimum atomic E-state index is -0.00471. The highest BCUT2D eigenvalue weighted by Crippen LogP contribution is 2.24. The van der Waals surface area contributed by atoms with E-state index in [-0.39, 0.29) is 5.91 Å². The summed E-state index contributed by atoms with van der Waals surface area (Å²) < 4.78 is 2.59. The maximum Gasteiger partial charge on any atom is 0.255 e. The summed E-state index contributed by atoms with van der Waals surface area (Å²) >= 11 is 13.0. The summed E-state index contributed by atoms with van der Waals surface area (Å²) in [6, 6.07) is 9.53. The number of thiophene rings is 1. The Hall–Kier alpha value is -0.110. The molecule has 0 radical (unpaired) electrons. The van der Waals surface area contributed by atoms with Crippen LogP contribution >= 0.6 is 61.5 Å². The van der Waals surface area contributed by atoms with E-state index in [1.54, 1.807) is 11.9 Å². The first kappa shape index (κ1) is 15.3. The van der Waals surface area contributed by atoms with Crippen molar-refractivity contribution in [2.75, 3.05) is 7.05 Å². The second-order valence-electron chi connectivity index (χ2n) is 3.99. The molecule has 2 aromatic rings. The van der Waals surface area contributed by atoms with Gasteiger partial charge in [0.1, 0.15) is 0 Å². The zero-order chi connectivity index (χ0) is 14.0. The van der Waals surface area contributed by atoms with Crippen molar-refractivity contribution in [2.24, 2.45) is 0 Å². The van der Waals surface area contributed by atoms with Gasteiger partial charge in [-0.05, 0) is 68.9 Å². The van der Waals surface area contributed by atoms with Gasteiger partial charge < -0.3 is 4.90 Å². The van der Waals surface area contributed by atoms with Crippen LogP contribution in [0.4, 0.5) is 0 Å². The Morgan fingerprint density at radius 2 is 2.16 bits per heavy atom. The molecule has 6 heteroatoms. The minimum Gasteiger partial charge on any atom is -0.337 e. The molecule has 0 saturated heterocycles. The van der Waals surface area contributed by atoms with Crippen molar-refractivity contribution < 1.29 is 4.79 Å². The highest BCUT2D eigenvalue weighted by atomic mass is 127. The number of hydrogen-bond donors (Lipinski definition) is 0. The van der Waals surface area contributed by atoms with Crippen LogP contribution in [-0.4, -0.2) is 17.9 Å². The van der Waals surface area contributed by atoms with Crippen LogP contribution in [0.15, 0.2) is 34.8 Å². The maximum atomic E-state index is 12.4. The second kappa shape index (κ2) is 6.56. The molecule has 0 saturated carbocycles. The van der Waals surface area contributed by atoms with E-state index in [1.165, 1.54) is 11.3 Å². The largest absolute Gasteiger partial charge is 0.337 e. The van der Waals surface area contributed by atoms with Crippen LogP contribution in [0.25, 0.3) is 0 Å². The Bertz CT molecular complexity index is 616. The van der Waals surface area contributed by atoms with E-state index in [4.69, 9.17) is 11.6 Å². The number of carbonyl (C=O) groups is 1. The van der Waals surface area contributed by atoms with Crippen molar-refractivity contribution in [1.29, 1.82) is 0 Å². The van der Waals surface area contributed by atoms with Crippen LogP contribution in [0.2, 0.25) is 4.34 Å². The van der Waals surface area contributed by atoms with Crippen LogP contribution in [0.3, 0.4) is 0 Å². The van der Waals surface area contributed by atoms with Crippen LogP contribution in [0.1, 0.15) is 15.2 Å². The molecule has 1 aromatic carbocycles. The maximum absolute atomic E-state index is 12.4. The Labute approximate surface area is 143 Å². The summed E-state index contributed by atoms with van der Waals surface area (Å²) in [6.07, 6.45) is 0. The molecule has 0 unspecified atom stereocenters. The minimum absolute atomic E-state index is 0.00471. The molecule has 0 aliphatic rings. The average Bonchev–Trinajstić information content (AvgIpc) is 2.77. The van der Waals surface area contributed by atoms with Crippen LogP contribution in [-0.2, 0) is 6.54 Å². The zero-order valence-electron chi connectivity index (χ0n) is 9.99. The predicted molar refractivity (Wildman–Crippen MR) is 92.0 cm³/mol. The third kappa shape index (κ3) is 3.93. The van der Waals surface area contributed by atoms with Gasteiger partial charge in [-0.25, -0.2) is 0 Å². The molecular formula is C13H10BrClINOS. The number of rotatable bonds is 3. The Morgan fingerprint density at radius 3 is 2.79 bits per heavy atom. The molecular weight excluding hydrogens is 460 g/mol. The SMILES string of the molecule is CN(Cc1ccc(Cl)s1)C(=O)c1cc(I)ccc1Br. The standard InChI is InChI=1S/C13H10BrClINOS/c1-17(7-9-3-5-12(15)19-9)13(18)10-6-8(16)2-4-11(10)14/h2-6H,7H2,1H3. The van der Waals surface area contributed by atoms with Crippen LogP contribution in [0, 0.1) is 3.57 Å². The average molecular weight is 471 g/mol. The Kier molecular flexibility index (Phi) is 5.28. The fourth-order valence-electron chi connectivity index (χ4n) is 1.61. The molecule has 2 rings (SSSR count). The van der Waals surface area contributed by atoms with Gasteiger partial charge in [0.15, 0.2) is 0 Å². The van der Waals surface area contributed by atoms with Gasteiger partial charge in [-0.1, -0.05) is 11.6 Å². The van der Waals surface area contributed by atoms with Crippen LogP contribution < -0.4 is 0 Å². The summed E-state index contributed by atoms with van der Waals surface area (Å²) in [5.41, 5.74) is 0.678. The topological polar surface area (TPSA) is 20.3 Å². The molecule has 100 valence electrons. The number of halogens is 3. The molecule has 0 aliphatic carbocycles. The van der Waals surface area contributed by atoms with Crippen molar-refractivity contribution in [3.8, 4) is 0 Å². The molecule has 2 nitrogen and oxygen atoms in total. The van der Waals surface area contributed by atoms with Gasteiger partial charge in [-0.3, -0.25) is 4.79 Å². The van der Waals surface area contributed by atoms with Crippen molar-refractivity contribution >= 4 is 67.4 Å². The monoisotopic (exact) mass is 469 g/mol. The number of benzene rings is 1. The molecule has 0 N–H and O–H groups in total. The van der Waals surface area contributed by atoms with Crippen molar-refractivity contribution in [3.05, 3.63) is 53.2 Å². The quantitative estimate of drug-likeness (QED) is 0.576. The third-order valence-corrected chi connectivity index (χ3v) is 5.11. The van der Waals surface area contributed by atoms with Gasteiger partial charge in [-0.2, -0.15) is 0 Å². The molecule has 0 spiro atoms. The van der Waals surface area contributed by atoms with E-state index < -0.39 is 0 Å². The van der Waals surface area contributed by atoms with Gasteiger partial charge in [0, 0.05) is 20.0 Å². The Morgan fingerprint density at radius 1 is 1.42 bits per heavy atom. The number of amides is 1.